The molecule has 1 aliphatic rings. The minimum Gasteiger partial charge on any atom is -0.309 e. The summed E-state index contributed by atoms with van der Waals surface area (Å²) in [5.74, 6) is 0. The Kier molecular flexibility index (Phi) is 5.83. The number of hydrogen-bond acceptors (Lipinski definition) is 2. The molecule has 1 unspecified atom stereocenters. The van der Waals surface area contributed by atoms with Crippen molar-refractivity contribution in [2.24, 2.45) is 0 Å². The Morgan fingerprint density at radius 2 is 1.67 bits per heavy atom. The van der Waals surface area contributed by atoms with E-state index in [0.29, 0.717) is 6.04 Å². The smallest absolute Gasteiger partial charge is 0.0506 e. The number of nitrogens with zero attached hydrogens (tertiary/aromatic N) is 1. The van der Waals surface area contributed by atoms with Gasteiger partial charge in [0.1, 0.15) is 0 Å². The summed E-state index contributed by atoms with van der Waals surface area (Å²) in [6.45, 7) is 5.47. The summed E-state index contributed by atoms with van der Waals surface area (Å²) in [6, 6.07) is 9.71. The summed E-state index contributed by atoms with van der Waals surface area (Å²) in [6.07, 6.45) is 7.81. The van der Waals surface area contributed by atoms with Gasteiger partial charge in [-0.3, -0.25) is 0 Å². The minimum absolute atomic E-state index is 0.266. The highest BCUT2D eigenvalue weighted by Gasteiger charge is 2.42. The first kappa shape index (κ1) is 16.5. The van der Waals surface area contributed by atoms with E-state index in [1.165, 1.54) is 43.2 Å². The van der Waals surface area contributed by atoms with Gasteiger partial charge in [0.05, 0.1) is 6.04 Å². The Balaban J connectivity index is 2.34. The third-order valence-electron chi connectivity index (χ3n) is 5.28. The quantitative estimate of drug-likeness (QED) is 0.845. The molecule has 0 saturated heterocycles. The van der Waals surface area contributed by atoms with Crippen LogP contribution in [-0.4, -0.2) is 31.1 Å². The van der Waals surface area contributed by atoms with Gasteiger partial charge in [-0.25, -0.2) is 0 Å². The van der Waals surface area contributed by atoms with Crippen LogP contribution in [0.1, 0.15) is 63.1 Å². The van der Waals surface area contributed by atoms with Crippen molar-refractivity contribution in [2.45, 2.75) is 64.0 Å². The van der Waals surface area contributed by atoms with Gasteiger partial charge in [-0.05, 0) is 51.0 Å². The summed E-state index contributed by atoms with van der Waals surface area (Å²) < 4.78 is 0. The number of nitrogens with one attached hydrogen (secondary N) is 1. The molecule has 2 nitrogen and oxygen atoms in total. The molecular weight excluding hydrogens is 256 g/mol. The molecule has 118 valence electrons. The zero-order chi connectivity index (χ0) is 15.3. The predicted octanol–water partition coefficient (Wildman–Crippen LogP) is 4.16. The van der Waals surface area contributed by atoms with Crippen LogP contribution in [0.15, 0.2) is 24.3 Å². The zero-order valence-electron chi connectivity index (χ0n) is 14.3. The molecule has 2 heteroatoms. The van der Waals surface area contributed by atoms with Crippen molar-refractivity contribution in [3.8, 4) is 0 Å². The Bertz CT molecular complexity index is 416. The molecule has 0 bridgehead atoms. The Morgan fingerprint density at radius 3 is 2.14 bits per heavy atom. The van der Waals surface area contributed by atoms with Crippen molar-refractivity contribution in [2.75, 3.05) is 20.6 Å². The molecule has 2 rings (SSSR count). The third kappa shape index (κ3) is 3.49. The molecule has 0 spiro atoms. The third-order valence-corrected chi connectivity index (χ3v) is 5.28. The SMILES string of the molecule is CCNC(c1ccc(CC)cc1)C1(N(C)C)CCCCC1. The van der Waals surface area contributed by atoms with Gasteiger partial charge >= 0.3 is 0 Å². The lowest BCUT2D eigenvalue weighted by atomic mass is 9.73. The second-order valence-corrected chi connectivity index (χ2v) is 6.64. The second-order valence-electron chi connectivity index (χ2n) is 6.64. The molecule has 1 aromatic carbocycles. The number of aryl methyl sites for hydroxylation is 1. The fourth-order valence-corrected chi connectivity index (χ4v) is 3.93. The lowest BCUT2D eigenvalue weighted by Crippen LogP contribution is -2.54. The molecule has 0 amide bonds. The van der Waals surface area contributed by atoms with Crippen LogP contribution in [0, 0.1) is 0 Å². The van der Waals surface area contributed by atoms with Gasteiger partial charge in [-0.15, -0.1) is 0 Å². The lowest BCUT2D eigenvalue weighted by molar-refractivity contribution is 0.0570. The molecule has 21 heavy (non-hydrogen) atoms. The van der Waals surface area contributed by atoms with Crippen molar-refractivity contribution in [1.82, 2.24) is 10.2 Å². The van der Waals surface area contributed by atoms with Crippen LogP contribution in [0.25, 0.3) is 0 Å². The van der Waals surface area contributed by atoms with Gasteiger partial charge in [-0.2, -0.15) is 0 Å². The first-order chi connectivity index (χ1) is 10.1. The molecular formula is C19H32N2. The molecule has 0 radical (unpaired) electrons. The molecule has 0 aliphatic heterocycles. The summed E-state index contributed by atoms with van der Waals surface area (Å²) in [5.41, 5.74) is 3.14. The van der Waals surface area contributed by atoms with E-state index in [1.807, 2.05) is 0 Å². The van der Waals surface area contributed by atoms with Crippen molar-refractivity contribution in [3.05, 3.63) is 35.4 Å². The van der Waals surface area contributed by atoms with Crippen LogP contribution in [0.4, 0.5) is 0 Å². The maximum atomic E-state index is 3.79. The summed E-state index contributed by atoms with van der Waals surface area (Å²) >= 11 is 0. The monoisotopic (exact) mass is 288 g/mol. The normalized spacial score (nSPS) is 19.7. The van der Waals surface area contributed by atoms with Gasteiger partial charge in [0.15, 0.2) is 0 Å². The molecule has 1 fully saturated rings. The van der Waals surface area contributed by atoms with E-state index in [2.05, 4.69) is 62.4 Å². The number of benzene rings is 1. The molecule has 1 aliphatic carbocycles. The van der Waals surface area contributed by atoms with E-state index in [-0.39, 0.29) is 5.54 Å². The Labute approximate surface area is 130 Å². The second kappa shape index (κ2) is 7.42. The fourth-order valence-electron chi connectivity index (χ4n) is 3.93. The molecule has 0 aromatic heterocycles. The highest BCUT2D eigenvalue weighted by molar-refractivity contribution is 5.28. The standard InChI is InChI=1S/C19H32N2/c1-5-16-10-12-17(13-11-16)18(20-6-2)19(21(3)4)14-8-7-9-15-19/h10-13,18,20H,5-9,14-15H2,1-4H3. The largest absolute Gasteiger partial charge is 0.309 e. The first-order valence-electron chi connectivity index (χ1n) is 8.63. The highest BCUT2D eigenvalue weighted by atomic mass is 15.2. The molecule has 1 N–H and O–H groups in total. The topological polar surface area (TPSA) is 15.3 Å². The van der Waals surface area contributed by atoms with E-state index in [9.17, 15) is 0 Å². The predicted molar refractivity (Wildman–Crippen MR) is 91.7 cm³/mol. The zero-order valence-corrected chi connectivity index (χ0v) is 14.3. The number of hydrogen-bond donors (Lipinski definition) is 1. The molecule has 1 atom stereocenters. The molecule has 1 aromatic rings. The maximum absolute atomic E-state index is 3.79. The van der Waals surface area contributed by atoms with Crippen LogP contribution in [-0.2, 0) is 6.42 Å². The van der Waals surface area contributed by atoms with Crippen LogP contribution in [0.5, 0.6) is 0 Å². The maximum Gasteiger partial charge on any atom is 0.0506 e. The van der Waals surface area contributed by atoms with Gasteiger partial charge < -0.3 is 10.2 Å². The van der Waals surface area contributed by atoms with Crippen molar-refractivity contribution in [1.29, 1.82) is 0 Å². The van der Waals surface area contributed by atoms with Crippen molar-refractivity contribution >= 4 is 0 Å². The van der Waals surface area contributed by atoms with Crippen LogP contribution < -0.4 is 5.32 Å². The summed E-state index contributed by atoms with van der Waals surface area (Å²) in [4.78, 5) is 2.48. The Hall–Kier alpha value is -0.860. The average molecular weight is 288 g/mol. The van der Waals surface area contributed by atoms with Gasteiger partial charge in [-0.1, -0.05) is 57.4 Å². The van der Waals surface area contributed by atoms with E-state index in [4.69, 9.17) is 0 Å². The van der Waals surface area contributed by atoms with Gasteiger partial charge in [0.25, 0.3) is 0 Å². The molecule has 0 heterocycles. The average Bonchev–Trinajstić information content (AvgIpc) is 2.53. The first-order valence-corrected chi connectivity index (χ1v) is 8.63. The number of likely N-dealkylation sites (N-methyl/N-ethyl adjacent to an activating group) is 2. The Morgan fingerprint density at radius 1 is 1.05 bits per heavy atom. The molecule has 1 saturated carbocycles. The fraction of sp³-hybridized carbons (Fsp3) is 0.684. The van der Waals surface area contributed by atoms with Crippen LogP contribution in [0.3, 0.4) is 0 Å². The summed E-state index contributed by atoms with van der Waals surface area (Å²) in [5, 5.41) is 3.79. The lowest BCUT2D eigenvalue weighted by Gasteiger charge is -2.49. The summed E-state index contributed by atoms with van der Waals surface area (Å²) in [7, 11) is 4.52. The highest BCUT2D eigenvalue weighted by Crippen LogP contribution is 2.42. The van der Waals surface area contributed by atoms with E-state index >= 15 is 0 Å². The van der Waals surface area contributed by atoms with Crippen molar-refractivity contribution < 1.29 is 0 Å². The van der Waals surface area contributed by atoms with Gasteiger partial charge in [0.2, 0.25) is 0 Å². The van der Waals surface area contributed by atoms with Gasteiger partial charge in [0, 0.05) is 5.54 Å². The number of rotatable bonds is 6. The van der Waals surface area contributed by atoms with Crippen LogP contribution in [0.2, 0.25) is 0 Å². The van der Waals surface area contributed by atoms with E-state index in [0.717, 1.165) is 13.0 Å². The van der Waals surface area contributed by atoms with Crippen molar-refractivity contribution in [3.63, 3.8) is 0 Å². The van der Waals surface area contributed by atoms with E-state index < -0.39 is 0 Å². The minimum atomic E-state index is 0.266. The van der Waals surface area contributed by atoms with Crippen LogP contribution >= 0.6 is 0 Å². The van der Waals surface area contributed by atoms with E-state index in [1.54, 1.807) is 0 Å².